The number of rotatable bonds is 10. The lowest BCUT2D eigenvalue weighted by molar-refractivity contribution is 0.0919. The largest absolute Gasteiger partial charge is 0.485 e. The maximum atomic E-state index is 15.3. The van der Waals surface area contributed by atoms with Gasteiger partial charge in [0.1, 0.15) is 16.8 Å². The summed E-state index contributed by atoms with van der Waals surface area (Å²) < 4.78 is 27.1. The molecule has 12 nitrogen and oxygen atoms in total. The summed E-state index contributed by atoms with van der Waals surface area (Å²) in [6, 6.07) is 8.74. The molecule has 3 N–H and O–H groups in total. The van der Waals surface area contributed by atoms with Gasteiger partial charge in [-0.3, -0.25) is 9.69 Å². The van der Waals surface area contributed by atoms with Crippen molar-refractivity contribution in [2.45, 2.75) is 45.9 Å². The van der Waals surface area contributed by atoms with Gasteiger partial charge in [0.15, 0.2) is 11.6 Å². The van der Waals surface area contributed by atoms with Gasteiger partial charge in [0.2, 0.25) is 5.88 Å². The molecule has 0 fully saturated rings. The topological polar surface area (TPSA) is 160 Å². The highest BCUT2D eigenvalue weighted by molar-refractivity contribution is 7.21. The number of hydrogen-bond donors (Lipinski definition) is 3. The SMILES string of the molecule is COc1cnc2c(-c3nc4cc(F)c(OC(C)C(C)N(C(=O)O)c5ccc(C(=O)NC[C@H](C)O)nc5)cc4s3)cc(C)cc2n1. The molecule has 0 radical (unpaired) electrons. The molecule has 2 amide bonds. The zero-order valence-electron chi connectivity index (χ0n) is 25.1. The zero-order valence-corrected chi connectivity index (χ0v) is 25.9. The second-order valence-corrected chi connectivity index (χ2v) is 11.6. The summed E-state index contributed by atoms with van der Waals surface area (Å²) in [6.45, 7) is 6.79. The van der Waals surface area contributed by atoms with Gasteiger partial charge >= 0.3 is 6.09 Å². The predicted octanol–water partition coefficient (Wildman–Crippen LogP) is 5.21. The summed E-state index contributed by atoms with van der Waals surface area (Å²) in [5.41, 5.74) is 3.68. The number of benzene rings is 2. The molecule has 3 atom stereocenters. The van der Waals surface area contributed by atoms with Crippen molar-refractivity contribution in [2.24, 2.45) is 0 Å². The van der Waals surface area contributed by atoms with Gasteiger partial charge in [-0.15, -0.1) is 11.3 Å². The minimum Gasteiger partial charge on any atom is -0.485 e. The number of pyridine rings is 1. The number of aliphatic hydroxyl groups excluding tert-OH is 1. The number of aromatic nitrogens is 4. The summed E-state index contributed by atoms with van der Waals surface area (Å²) in [4.78, 5) is 43.3. The van der Waals surface area contributed by atoms with E-state index < -0.39 is 36.1 Å². The third kappa shape index (κ3) is 6.76. The second kappa shape index (κ2) is 13.0. The Kier molecular flexibility index (Phi) is 9.06. The number of amides is 2. The molecule has 0 aliphatic rings. The third-order valence-corrected chi connectivity index (χ3v) is 8.12. The zero-order chi connectivity index (χ0) is 32.4. The number of hydrogen-bond acceptors (Lipinski definition) is 10. The van der Waals surface area contributed by atoms with Crippen molar-refractivity contribution >= 4 is 50.3 Å². The molecular weight excluding hydrogens is 603 g/mol. The Bertz CT molecular complexity index is 1880. The molecule has 2 aromatic carbocycles. The fraction of sp³-hybridized carbons (Fsp3) is 0.290. The van der Waals surface area contributed by atoms with E-state index in [0.29, 0.717) is 32.1 Å². The van der Waals surface area contributed by atoms with Gasteiger partial charge in [0, 0.05) is 24.2 Å². The van der Waals surface area contributed by atoms with Gasteiger partial charge in [0.25, 0.3) is 5.91 Å². The first kappa shape index (κ1) is 31.5. The fourth-order valence-corrected chi connectivity index (χ4v) is 5.66. The van der Waals surface area contributed by atoms with Crippen molar-refractivity contribution in [3.05, 3.63) is 65.9 Å². The van der Waals surface area contributed by atoms with Gasteiger partial charge in [-0.1, -0.05) is 0 Å². The Hall–Kier alpha value is -4.95. The minimum atomic E-state index is -1.28. The van der Waals surface area contributed by atoms with E-state index in [0.717, 1.165) is 16.0 Å². The average Bonchev–Trinajstić information content (AvgIpc) is 3.41. The van der Waals surface area contributed by atoms with E-state index in [2.05, 4.69) is 25.3 Å². The monoisotopic (exact) mass is 634 g/mol. The predicted molar refractivity (Wildman–Crippen MR) is 168 cm³/mol. The average molecular weight is 635 g/mol. The molecule has 3 heterocycles. The number of aryl methyl sites for hydroxylation is 1. The van der Waals surface area contributed by atoms with E-state index >= 15 is 4.39 Å². The maximum Gasteiger partial charge on any atom is 0.412 e. The number of anilines is 1. The molecule has 0 aliphatic carbocycles. The number of carboxylic acid groups (broad SMARTS) is 1. The van der Waals surface area contributed by atoms with Crippen LogP contribution in [0.2, 0.25) is 0 Å². The van der Waals surface area contributed by atoms with Crippen molar-refractivity contribution in [1.29, 1.82) is 0 Å². The molecule has 45 heavy (non-hydrogen) atoms. The number of fused-ring (bicyclic) bond motifs is 2. The smallest absolute Gasteiger partial charge is 0.412 e. The van der Waals surface area contributed by atoms with Crippen LogP contribution in [0.4, 0.5) is 14.9 Å². The van der Waals surface area contributed by atoms with Gasteiger partial charge in [-0.25, -0.2) is 29.1 Å². The highest BCUT2D eigenvalue weighted by atomic mass is 32.1. The second-order valence-electron chi connectivity index (χ2n) is 10.5. The first-order chi connectivity index (χ1) is 21.4. The summed E-state index contributed by atoms with van der Waals surface area (Å²) in [6.07, 6.45) is -0.00449. The summed E-state index contributed by atoms with van der Waals surface area (Å²) in [5.74, 6) is -0.811. The maximum absolute atomic E-state index is 15.3. The summed E-state index contributed by atoms with van der Waals surface area (Å²) >= 11 is 1.34. The number of methoxy groups -OCH3 is 1. The molecular formula is C31H31FN6O6S. The molecule has 14 heteroatoms. The van der Waals surface area contributed by atoms with E-state index in [9.17, 15) is 19.8 Å². The van der Waals surface area contributed by atoms with Crippen molar-refractivity contribution < 1.29 is 33.7 Å². The highest BCUT2D eigenvalue weighted by Crippen LogP contribution is 2.37. The first-order valence-electron chi connectivity index (χ1n) is 14.0. The van der Waals surface area contributed by atoms with Crippen LogP contribution in [-0.2, 0) is 0 Å². The van der Waals surface area contributed by atoms with Crippen LogP contribution in [0.3, 0.4) is 0 Å². The number of carbonyl (C=O) groups excluding carboxylic acids is 1. The molecule has 0 bridgehead atoms. The van der Waals surface area contributed by atoms with Crippen LogP contribution in [0.5, 0.6) is 11.6 Å². The molecule has 2 unspecified atom stereocenters. The van der Waals surface area contributed by atoms with Crippen LogP contribution < -0.4 is 19.7 Å². The summed E-state index contributed by atoms with van der Waals surface area (Å²) in [7, 11) is 1.52. The van der Waals surface area contributed by atoms with Crippen molar-refractivity contribution in [2.75, 3.05) is 18.6 Å². The number of aliphatic hydroxyl groups is 1. The van der Waals surface area contributed by atoms with Crippen LogP contribution in [0.25, 0.3) is 31.8 Å². The quantitative estimate of drug-likeness (QED) is 0.186. The van der Waals surface area contributed by atoms with E-state index in [-0.39, 0.29) is 23.7 Å². The normalized spacial score (nSPS) is 13.3. The lowest BCUT2D eigenvalue weighted by Crippen LogP contribution is -2.46. The molecule has 5 rings (SSSR count). The van der Waals surface area contributed by atoms with Gasteiger partial charge < -0.3 is 25.0 Å². The number of halogens is 1. The Morgan fingerprint density at radius 1 is 1.07 bits per heavy atom. The van der Waals surface area contributed by atoms with Crippen molar-refractivity contribution in [3.8, 4) is 22.2 Å². The van der Waals surface area contributed by atoms with Gasteiger partial charge in [0.05, 0.1) is 58.6 Å². The van der Waals surface area contributed by atoms with Crippen LogP contribution in [0.1, 0.15) is 36.8 Å². The third-order valence-electron chi connectivity index (χ3n) is 7.07. The van der Waals surface area contributed by atoms with Gasteiger partial charge in [-0.2, -0.15) is 0 Å². The molecule has 0 saturated carbocycles. The van der Waals surface area contributed by atoms with E-state index in [1.165, 1.54) is 56.0 Å². The number of ether oxygens (including phenoxy) is 2. The van der Waals surface area contributed by atoms with E-state index in [1.807, 2.05) is 19.1 Å². The minimum absolute atomic E-state index is 0.0494. The lowest BCUT2D eigenvalue weighted by Gasteiger charge is -2.31. The van der Waals surface area contributed by atoms with Crippen molar-refractivity contribution in [1.82, 2.24) is 25.3 Å². The molecule has 234 valence electrons. The van der Waals surface area contributed by atoms with Gasteiger partial charge in [-0.05, 0) is 57.5 Å². The van der Waals surface area contributed by atoms with Crippen LogP contribution in [0, 0.1) is 12.7 Å². The Labute approximate surface area is 261 Å². The lowest BCUT2D eigenvalue weighted by atomic mass is 10.1. The van der Waals surface area contributed by atoms with Crippen LogP contribution in [0.15, 0.2) is 48.8 Å². The number of nitrogens with zero attached hydrogens (tertiary/aromatic N) is 5. The highest BCUT2D eigenvalue weighted by Gasteiger charge is 2.29. The van der Waals surface area contributed by atoms with E-state index in [1.54, 1.807) is 19.9 Å². The molecule has 0 saturated heterocycles. The van der Waals surface area contributed by atoms with E-state index in [4.69, 9.17) is 9.47 Å². The molecule has 3 aromatic heterocycles. The Balaban J connectivity index is 1.38. The molecule has 0 aliphatic heterocycles. The number of nitrogens with one attached hydrogen (secondary N) is 1. The Morgan fingerprint density at radius 2 is 1.84 bits per heavy atom. The Morgan fingerprint density at radius 3 is 2.51 bits per heavy atom. The number of thiazole rings is 1. The standard InChI is InChI=1S/C31H31FN6O6S/c1-15-8-20(28-24(9-15)36-27(43-5)14-34-28)30-37-23-10-21(32)25(11-26(23)45-30)44-18(4)17(3)38(31(41)42)19-6-7-22(33-13-19)29(40)35-12-16(2)39/h6-11,13-14,16-18,39H,12H2,1-5H3,(H,35,40)(H,41,42)/t16-,17?,18?/m0/s1. The van der Waals surface area contributed by atoms with Crippen LogP contribution in [-0.4, -0.2) is 74.1 Å². The van der Waals surface area contributed by atoms with Crippen LogP contribution >= 0.6 is 11.3 Å². The number of carbonyl (C=O) groups is 2. The molecule has 0 spiro atoms. The fourth-order valence-electron chi connectivity index (χ4n) is 4.67. The summed E-state index contributed by atoms with van der Waals surface area (Å²) in [5, 5.41) is 22.5. The van der Waals surface area contributed by atoms with Crippen molar-refractivity contribution in [3.63, 3.8) is 0 Å². The first-order valence-corrected chi connectivity index (χ1v) is 14.8. The molecule has 5 aromatic rings.